The van der Waals surface area contributed by atoms with Crippen LogP contribution in [0.2, 0.25) is 0 Å². The van der Waals surface area contributed by atoms with Crippen molar-refractivity contribution >= 4 is 21.9 Å². The van der Waals surface area contributed by atoms with Crippen molar-refractivity contribution in [2.24, 2.45) is 0 Å². The number of halogens is 1. The molecule has 0 spiro atoms. The second-order valence-electron chi connectivity index (χ2n) is 16.3. The number of benzene rings is 5. The van der Waals surface area contributed by atoms with E-state index >= 15 is 0 Å². The van der Waals surface area contributed by atoms with Crippen molar-refractivity contribution in [3.63, 3.8) is 0 Å². The lowest BCUT2D eigenvalue weighted by molar-refractivity contribution is 0.580. The van der Waals surface area contributed by atoms with Crippen molar-refractivity contribution in [3.8, 4) is 33.8 Å². The molecule has 9 rings (SSSR count). The Bertz CT molecular complexity index is 3480. The fourth-order valence-electron chi connectivity index (χ4n) is 7.47. The molecule has 0 amide bonds. The van der Waals surface area contributed by atoms with E-state index in [1.54, 1.807) is 50.2 Å². The fraction of sp³-hybridized carbons (Fsp3) is 0.211. The maximum absolute atomic E-state index is 14.3. The van der Waals surface area contributed by atoms with Crippen LogP contribution >= 0.6 is 0 Å². The normalized spacial score (nSPS) is 16.0. The highest BCUT2D eigenvalue weighted by Gasteiger charge is 2.22. The quantitative estimate of drug-likeness (QED) is 0.123. The number of hydrogen-bond acceptors (Lipinski definition) is 4. The van der Waals surface area contributed by atoms with Crippen molar-refractivity contribution in [1.29, 1.82) is 0 Å². The van der Waals surface area contributed by atoms with Crippen LogP contribution in [0, 0.1) is 19.7 Å². The molecule has 62 heavy (non-hydrogen) atoms. The molecule has 0 aliphatic carbocycles. The summed E-state index contributed by atoms with van der Waals surface area (Å²) in [5.74, 6) is -0.475. The first-order valence-electron chi connectivity index (χ1n) is 26.4. The molecule has 0 unspecified atom stereocenters. The molecule has 5 aromatic carbocycles. The van der Waals surface area contributed by atoms with Gasteiger partial charge in [-0.25, -0.2) is 4.39 Å². The molecule has 308 valence electrons. The van der Waals surface area contributed by atoms with Gasteiger partial charge in [-0.15, -0.1) is 0 Å². The Morgan fingerprint density at radius 3 is 1.56 bits per heavy atom. The lowest BCUT2D eigenvalue weighted by atomic mass is 9.82. The van der Waals surface area contributed by atoms with E-state index in [0.717, 1.165) is 29.3 Å². The Morgan fingerprint density at radius 1 is 0.516 bits per heavy atom. The van der Waals surface area contributed by atoms with E-state index in [-0.39, 0.29) is 16.7 Å². The van der Waals surface area contributed by atoms with Gasteiger partial charge in [-0.3, -0.25) is 15.0 Å². The average Bonchev–Trinajstić information content (AvgIpc) is 3.73. The van der Waals surface area contributed by atoms with E-state index < -0.39 is 66.2 Å². The van der Waals surface area contributed by atoms with Crippen LogP contribution < -0.4 is 0 Å². The molecule has 0 atom stereocenters. The summed E-state index contributed by atoms with van der Waals surface area (Å²) < 4.78 is 136. The van der Waals surface area contributed by atoms with Gasteiger partial charge >= 0.3 is 0 Å². The zero-order valence-electron chi connectivity index (χ0n) is 47.1. The maximum Gasteiger partial charge on any atom is 0.144 e. The third kappa shape index (κ3) is 8.85. The highest BCUT2D eigenvalue weighted by atomic mass is 19.1. The van der Waals surface area contributed by atoms with Gasteiger partial charge in [0.15, 0.2) is 0 Å². The highest BCUT2D eigenvalue weighted by molar-refractivity contribution is 6.09. The first kappa shape index (κ1) is 28.7. The van der Waals surface area contributed by atoms with Gasteiger partial charge in [0.2, 0.25) is 0 Å². The summed E-state index contributed by atoms with van der Waals surface area (Å²) in [5, 5.41) is 1.38. The Balaban J connectivity index is 1.20. The second kappa shape index (κ2) is 17.3. The monoisotopic (exact) mass is 825 g/mol. The third-order valence-corrected chi connectivity index (χ3v) is 10.8. The third-order valence-electron chi connectivity index (χ3n) is 10.8. The average molecular weight is 826 g/mol. The minimum atomic E-state index is -3.17. The van der Waals surface area contributed by atoms with E-state index in [1.807, 2.05) is 87.5 Å². The molecule has 0 saturated heterocycles. The van der Waals surface area contributed by atoms with Crippen LogP contribution in [-0.2, 0) is 43.7 Å². The van der Waals surface area contributed by atoms with Gasteiger partial charge in [0.1, 0.15) is 17.0 Å². The lowest BCUT2D eigenvalue weighted by Crippen LogP contribution is -2.15. The van der Waals surface area contributed by atoms with Crippen LogP contribution in [0.4, 0.5) is 4.39 Å². The predicted octanol–water partition coefficient (Wildman–Crippen LogP) is 14.2. The number of aromatic nitrogens is 3. The number of furan rings is 1. The van der Waals surface area contributed by atoms with Gasteiger partial charge < -0.3 is 4.42 Å². The minimum absolute atomic E-state index is 0.141. The van der Waals surface area contributed by atoms with Crippen LogP contribution in [0.25, 0.3) is 55.7 Å². The van der Waals surface area contributed by atoms with Gasteiger partial charge in [0.05, 0.1) is 17.1 Å². The Labute approximate surface area is 381 Å². The van der Waals surface area contributed by atoms with Gasteiger partial charge in [-0.2, -0.15) is 0 Å². The number of nitrogens with zero attached hydrogens (tertiary/aromatic N) is 3. The molecule has 9 aromatic rings. The van der Waals surface area contributed by atoms with Crippen LogP contribution in [0.3, 0.4) is 0 Å². The first-order chi connectivity index (χ1) is 34.6. The van der Waals surface area contributed by atoms with Gasteiger partial charge in [-0.05, 0) is 144 Å². The molecule has 0 saturated carbocycles. The minimum Gasteiger partial charge on any atom is -0.455 e. The van der Waals surface area contributed by atoms with Gasteiger partial charge in [0, 0.05) is 68.6 Å². The fourth-order valence-corrected chi connectivity index (χ4v) is 7.47. The summed E-state index contributed by atoms with van der Waals surface area (Å²) in [4.78, 5) is 13.6. The Hall–Kier alpha value is -6.72. The largest absolute Gasteiger partial charge is 0.455 e. The zero-order valence-corrected chi connectivity index (χ0v) is 35.1. The summed E-state index contributed by atoms with van der Waals surface area (Å²) in [6.07, 6.45) is -14.6. The molecule has 0 fully saturated rings. The number of pyridine rings is 3. The number of rotatable bonds is 12. The van der Waals surface area contributed by atoms with Crippen molar-refractivity contribution in [2.45, 2.75) is 78.3 Å². The van der Waals surface area contributed by atoms with Crippen molar-refractivity contribution in [1.82, 2.24) is 15.0 Å². The van der Waals surface area contributed by atoms with Gasteiger partial charge in [-0.1, -0.05) is 112 Å². The summed E-state index contributed by atoms with van der Waals surface area (Å²) >= 11 is 0. The van der Waals surface area contributed by atoms with E-state index in [0.29, 0.717) is 61.3 Å². The predicted molar refractivity (Wildman–Crippen MR) is 253 cm³/mol. The smallest absolute Gasteiger partial charge is 0.144 e. The van der Waals surface area contributed by atoms with E-state index in [4.69, 9.17) is 4.42 Å². The van der Waals surface area contributed by atoms with Crippen molar-refractivity contribution in [3.05, 3.63) is 208 Å². The molecule has 0 N–H and O–H groups in total. The highest BCUT2D eigenvalue weighted by Crippen LogP contribution is 2.37. The molecular formula is C57H52FN3O. The van der Waals surface area contributed by atoms with Crippen molar-refractivity contribution < 1.29 is 25.3 Å². The Kier molecular flexibility index (Phi) is 8.04. The van der Waals surface area contributed by atoms with Gasteiger partial charge in [0.25, 0.3) is 0 Å². The summed E-state index contributed by atoms with van der Waals surface area (Å²) in [6, 6.07) is 35.8. The number of fused-ring (bicyclic) bond motifs is 3. The van der Waals surface area contributed by atoms with Crippen LogP contribution in [-0.4, -0.2) is 15.0 Å². The number of hydrogen-bond donors (Lipinski definition) is 0. The SMILES string of the molecule is [2H]C([2H])(c1cc(C([2H])([2H])C([2H])([2H])c2cnc(-c3ccccc3)cc2C)cc(C([2H])([2H])C([2H])([2H])c2cnc(-c3cccc4c3oc3cc(F)ccc34)cc2C(C)(C)C)c1)C([2H])([2H])c1cnc(-c2ccccc2)cc1C. The summed E-state index contributed by atoms with van der Waals surface area (Å²) in [6.45, 7) is 8.70. The summed E-state index contributed by atoms with van der Waals surface area (Å²) in [5.41, 5.74) is 2.12. The van der Waals surface area contributed by atoms with Crippen LogP contribution in [0.5, 0.6) is 0 Å². The molecule has 0 aliphatic rings. The molecule has 0 radical (unpaired) electrons. The number of aryl methyl sites for hydroxylation is 8. The maximum atomic E-state index is 14.3. The molecule has 4 heterocycles. The Morgan fingerprint density at radius 2 is 1.03 bits per heavy atom. The lowest BCUT2D eigenvalue weighted by Gasteiger charge is -2.24. The summed E-state index contributed by atoms with van der Waals surface area (Å²) in [7, 11) is 0. The molecule has 4 nitrogen and oxygen atoms in total. The van der Waals surface area contributed by atoms with E-state index in [9.17, 15) is 20.8 Å². The van der Waals surface area contributed by atoms with Crippen LogP contribution in [0.15, 0.2) is 156 Å². The molecular weight excluding hydrogens is 762 g/mol. The first-order valence-corrected chi connectivity index (χ1v) is 20.4. The molecule has 0 aliphatic heterocycles. The zero-order chi connectivity index (χ0) is 53.6. The van der Waals surface area contributed by atoms with Crippen molar-refractivity contribution in [2.75, 3.05) is 0 Å². The molecule has 0 bridgehead atoms. The van der Waals surface area contributed by atoms with Crippen LogP contribution in [0.1, 0.15) is 87.3 Å². The molecule has 5 heteroatoms. The standard InChI is InChI=1S/C57H52FN3O/c1-37-27-52(42-13-8-6-9-14-42)59-34-44(37)22-19-39-29-40(20-23-45-35-60-53(28-38(45)2)43-15-10-7-11-16-43)31-41(30-39)21-24-46-36-61-54(33-51(46)57(3,4)5)50-18-12-17-49-48-26-25-47(58)32-55(48)62-56(49)50/h6-18,25-36H,19-24H2,1-5H3/i19D2,20D2,21D2,22D2,23D2,24D2. The van der Waals surface area contributed by atoms with E-state index in [2.05, 4.69) is 15.0 Å². The van der Waals surface area contributed by atoms with E-state index in [1.165, 1.54) is 30.7 Å². The second-order valence-corrected chi connectivity index (χ2v) is 16.3. The molecule has 4 aromatic heterocycles. The topological polar surface area (TPSA) is 51.8 Å². The number of para-hydroxylation sites is 1.